The summed E-state index contributed by atoms with van der Waals surface area (Å²) >= 11 is 0. The van der Waals surface area contributed by atoms with E-state index in [1.165, 1.54) is 12.1 Å². The molecule has 17 heavy (non-hydrogen) atoms. The Morgan fingerprint density at radius 1 is 1.29 bits per heavy atom. The van der Waals surface area contributed by atoms with Crippen molar-refractivity contribution in [2.24, 2.45) is 0 Å². The number of hydrogen-bond acceptors (Lipinski definition) is 3. The fraction of sp³-hybridized carbons (Fsp3) is 0.357. The summed E-state index contributed by atoms with van der Waals surface area (Å²) < 4.78 is 5.10. The number of aromatic hydroxyl groups is 1. The molecular formula is C14H18O3. The molecule has 0 fully saturated rings. The van der Waals surface area contributed by atoms with Crippen LogP contribution in [0.25, 0.3) is 0 Å². The first-order valence-electron chi connectivity index (χ1n) is 5.81. The molecule has 1 N–H and O–H groups in total. The molecule has 0 aliphatic carbocycles. The Morgan fingerprint density at radius 2 is 2.00 bits per heavy atom. The maximum atomic E-state index is 11.5. The molecule has 0 spiro atoms. The van der Waals surface area contributed by atoms with Crippen molar-refractivity contribution in [2.45, 2.75) is 26.2 Å². The molecule has 3 nitrogen and oxygen atoms in total. The Balaban J connectivity index is 2.23. The van der Waals surface area contributed by atoms with Gasteiger partial charge in [-0.05, 0) is 50.5 Å². The van der Waals surface area contributed by atoms with Gasteiger partial charge in [0.25, 0.3) is 0 Å². The third kappa shape index (κ3) is 5.20. The molecule has 0 aliphatic heterocycles. The van der Waals surface area contributed by atoms with Crippen molar-refractivity contribution in [1.82, 2.24) is 0 Å². The van der Waals surface area contributed by atoms with Crippen LogP contribution in [0.5, 0.6) is 5.75 Å². The van der Waals surface area contributed by atoms with Gasteiger partial charge in [-0.2, -0.15) is 0 Å². The molecule has 1 rings (SSSR count). The van der Waals surface area contributed by atoms with Gasteiger partial charge in [0.2, 0.25) is 0 Å². The van der Waals surface area contributed by atoms with Crippen LogP contribution in [0.3, 0.4) is 0 Å². The number of hydrogen-bond donors (Lipinski definition) is 1. The minimum atomic E-state index is -0.337. The van der Waals surface area contributed by atoms with E-state index in [0.717, 1.165) is 19.3 Å². The van der Waals surface area contributed by atoms with Crippen LogP contribution in [0.2, 0.25) is 0 Å². The van der Waals surface area contributed by atoms with Crippen molar-refractivity contribution in [3.63, 3.8) is 0 Å². The van der Waals surface area contributed by atoms with E-state index in [0.29, 0.717) is 12.2 Å². The van der Waals surface area contributed by atoms with E-state index in [1.54, 1.807) is 12.1 Å². The number of allylic oxidation sites excluding steroid dienone is 2. The Labute approximate surface area is 102 Å². The number of carbonyl (C=O) groups excluding carboxylic acids is 1. The van der Waals surface area contributed by atoms with Crippen molar-refractivity contribution in [3.05, 3.63) is 42.0 Å². The van der Waals surface area contributed by atoms with Gasteiger partial charge in [-0.3, -0.25) is 0 Å². The summed E-state index contributed by atoms with van der Waals surface area (Å²) in [5, 5.41) is 9.08. The van der Waals surface area contributed by atoms with E-state index < -0.39 is 0 Å². The van der Waals surface area contributed by atoms with Crippen LogP contribution in [0.4, 0.5) is 0 Å². The molecule has 0 aromatic heterocycles. The largest absolute Gasteiger partial charge is 0.508 e. The van der Waals surface area contributed by atoms with Crippen molar-refractivity contribution >= 4 is 5.97 Å². The number of esters is 1. The van der Waals surface area contributed by atoms with Crippen LogP contribution in [0.15, 0.2) is 36.4 Å². The van der Waals surface area contributed by atoms with E-state index in [4.69, 9.17) is 9.84 Å². The summed E-state index contributed by atoms with van der Waals surface area (Å²) in [4.78, 5) is 11.5. The predicted molar refractivity (Wildman–Crippen MR) is 67.1 cm³/mol. The van der Waals surface area contributed by atoms with Crippen molar-refractivity contribution in [1.29, 1.82) is 0 Å². The van der Waals surface area contributed by atoms with Gasteiger partial charge in [0.05, 0.1) is 12.2 Å². The maximum absolute atomic E-state index is 11.5. The van der Waals surface area contributed by atoms with Gasteiger partial charge >= 0.3 is 5.97 Å². The number of phenolic OH excluding ortho intramolecular Hbond substituents is 1. The highest BCUT2D eigenvalue weighted by Crippen LogP contribution is 2.10. The van der Waals surface area contributed by atoms with Gasteiger partial charge in [0, 0.05) is 0 Å². The molecule has 0 atom stereocenters. The maximum Gasteiger partial charge on any atom is 0.338 e. The number of unbranched alkanes of at least 4 members (excludes halogenated alkanes) is 2. The zero-order chi connectivity index (χ0) is 12.5. The molecule has 0 bridgehead atoms. The summed E-state index contributed by atoms with van der Waals surface area (Å²) in [7, 11) is 0. The summed E-state index contributed by atoms with van der Waals surface area (Å²) in [5.41, 5.74) is 0.469. The Kier molecular flexibility index (Phi) is 5.86. The zero-order valence-electron chi connectivity index (χ0n) is 10.1. The van der Waals surface area contributed by atoms with E-state index in [-0.39, 0.29) is 11.7 Å². The van der Waals surface area contributed by atoms with Crippen LogP contribution >= 0.6 is 0 Å². The molecule has 0 amide bonds. The minimum Gasteiger partial charge on any atom is -0.508 e. The lowest BCUT2D eigenvalue weighted by Gasteiger charge is -2.04. The number of rotatable bonds is 6. The molecule has 0 radical (unpaired) electrons. The van der Waals surface area contributed by atoms with Crippen molar-refractivity contribution in [3.8, 4) is 5.75 Å². The SMILES string of the molecule is C/C=C/CCCCOC(=O)c1ccc(O)cc1. The van der Waals surface area contributed by atoms with Gasteiger partial charge < -0.3 is 9.84 Å². The molecule has 0 unspecified atom stereocenters. The number of carbonyl (C=O) groups is 1. The highest BCUT2D eigenvalue weighted by molar-refractivity contribution is 5.89. The highest BCUT2D eigenvalue weighted by Gasteiger charge is 2.05. The van der Waals surface area contributed by atoms with Crippen molar-refractivity contribution in [2.75, 3.05) is 6.61 Å². The van der Waals surface area contributed by atoms with Gasteiger partial charge in [0.15, 0.2) is 0 Å². The number of benzene rings is 1. The first-order chi connectivity index (χ1) is 8.24. The molecule has 0 saturated carbocycles. The topological polar surface area (TPSA) is 46.5 Å². The molecular weight excluding hydrogens is 216 g/mol. The zero-order valence-corrected chi connectivity index (χ0v) is 10.1. The van der Waals surface area contributed by atoms with Crippen molar-refractivity contribution < 1.29 is 14.6 Å². The fourth-order valence-corrected chi connectivity index (χ4v) is 1.38. The van der Waals surface area contributed by atoms with Gasteiger partial charge in [-0.25, -0.2) is 4.79 Å². The average molecular weight is 234 g/mol. The van der Waals surface area contributed by atoms with Crippen LogP contribution in [-0.2, 0) is 4.74 Å². The molecule has 0 heterocycles. The van der Waals surface area contributed by atoms with Gasteiger partial charge in [0.1, 0.15) is 5.75 Å². The van der Waals surface area contributed by atoms with Crippen LogP contribution in [0, 0.1) is 0 Å². The standard InChI is InChI=1S/C14H18O3/c1-2-3-4-5-6-11-17-14(16)12-7-9-13(15)10-8-12/h2-3,7-10,15H,4-6,11H2,1H3/b3-2+. The second-order valence-corrected chi connectivity index (χ2v) is 3.75. The monoisotopic (exact) mass is 234 g/mol. The number of ether oxygens (including phenoxy) is 1. The highest BCUT2D eigenvalue weighted by atomic mass is 16.5. The Bertz CT molecular complexity index is 366. The minimum absolute atomic E-state index is 0.146. The van der Waals surface area contributed by atoms with E-state index >= 15 is 0 Å². The first-order valence-corrected chi connectivity index (χ1v) is 5.81. The van der Waals surface area contributed by atoms with E-state index in [2.05, 4.69) is 6.08 Å². The summed E-state index contributed by atoms with van der Waals surface area (Å²) in [6.45, 7) is 2.43. The summed E-state index contributed by atoms with van der Waals surface area (Å²) in [5.74, 6) is -0.191. The summed E-state index contributed by atoms with van der Waals surface area (Å²) in [6.07, 6.45) is 7.03. The second-order valence-electron chi connectivity index (χ2n) is 3.75. The summed E-state index contributed by atoms with van der Waals surface area (Å²) in [6, 6.07) is 6.06. The third-order valence-electron chi connectivity index (χ3n) is 2.34. The lowest BCUT2D eigenvalue weighted by molar-refractivity contribution is 0.0498. The number of phenols is 1. The lowest BCUT2D eigenvalue weighted by atomic mass is 10.2. The fourth-order valence-electron chi connectivity index (χ4n) is 1.38. The Morgan fingerprint density at radius 3 is 2.65 bits per heavy atom. The predicted octanol–water partition coefficient (Wildman–Crippen LogP) is 3.30. The average Bonchev–Trinajstić information content (AvgIpc) is 2.34. The van der Waals surface area contributed by atoms with Crippen LogP contribution in [0.1, 0.15) is 36.5 Å². The molecule has 92 valence electrons. The van der Waals surface area contributed by atoms with E-state index in [9.17, 15) is 4.79 Å². The van der Waals surface area contributed by atoms with Crippen LogP contribution in [-0.4, -0.2) is 17.7 Å². The van der Waals surface area contributed by atoms with Gasteiger partial charge in [-0.15, -0.1) is 0 Å². The molecule has 0 saturated heterocycles. The molecule has 1 aromatic carbocycles. The molecule has 0 aliphatic rings. The quantitative estimate of drug-likeness (QED) is 0.466. The third-order valence-corrected chi connectivity index (χ3v) is 2.34. The normalized spacial score (nSPS) is 10.6. The second kappa shape index (κ2) is 7.49. The molecule has 1 aromatic rings. The molecule has 3 heteroatoms. The smallest absolute Gasteiger partial charge is 0.338 e. The van der Waals surface area contributed by atoms with Gasteiger partial charge in [-0.1, -0.05) is 12.2 Å². The van der Waals surface area contributed by atoms with Crippen LogP contribution < -0.4 is 0 Å². The lowest BCUT2D eigenvalue weighted by Crippen LogP contribution is -2.06. The first kappa shape index (κ1) is 13.3. The Hall–Kier alpha value is -1.77. The van der Waals surface area contributed by atoms with E-state index in [1.807, 2.05) is 13.0 Å².